The van der Waals surface area contributed by atoms with Crippen molar-refractivity contribution in [3.8, 4) is 17.1 Å². The molecule has 0 radical (unpaired) electrons. The number of likely N-dealkylation sites (tertiary alicyclic amines) is 1. The fraction of sp³-hybridized carbons (Fsp3) is 0.559. The van der Waals surface area contributed by atoms with Crippen molar-refractivity contribution in [2.75, 3.05) is 144 Å². The minimum Gasteiger partial charge on any atom is -0.508 e. The third-order valence-corrected chi connectivity index (χ3v) is 16.9. The predicted molar refractivity (Wildman–Crippen MR) is 352 cm³/mol. The normalized spacial score (nSPS) is 17.0. The molecule has 6 heterocycles. The van der Waals surface area contributed by atoms with Gasteiger partial charge in [0.1, 0.15) is 37.9 Å². The van der Waals surface area contributed by atoms with Gasteiger partial charge >= 0.3 is 12.1 Å². The average molecular weight is 1400 g/mol. The standard InChI is InChI=1S/C68H88N10O22/c1-3-51-52-33-50(79)12-13-56(52)73-62-54(51)39-77-57(62)34-53-55(66(77)86)41-98-67(87)63(53)100-68(88)99-40-46-6-10-48(11-7-46)72-58(80)36-70-60(82)43-97-42-59(81)69-14-16-89-18-20-91-22-24-93-26-28-95-30-31-96-29-27-94-25-23-92-21-19-90-17-15-76-38-49(74-75-76)35-71-64(84)47-8-4-45(5-9-47)37-78-61(83)32-44(2)65(78)85/h6-7,10-13,33-34,38,44-45,47,63,79H,3-5,8-9,14-32,35-37,39-43H2,1-2H3,(H,69,81)(H,70,82)(H,71,84)(H,72,80)/t44?,45?,47?,63-/m0/s1. The summed E-state index contributed by atoms with van der Waals surface area (Å²) in [4.78, 5) is 120. The van der Waals surface area contributed by atoms with Gasteiger partial charge in [-0.3, -0.25) is 38.5 Å². The number of nitrogens with zero attached hydrogens (tertiary/aromatic N) is 6. The maximum absolute atomic E-state index is 13.8. The molecule has 0 spiro atoms. The van der Waals surface area contributed by atoms with Crippen molar-refractivity contribution in [1.82, 2.24) is 45.4 Å². The highest BCUT2D eigenvalue weighted by atomic mass is 16.7. The molecule has 1 unspecified atom stereocenters. The number of anilines is 1. The molecule has 100 heavy (non-hydrogen) atoms. The van der Waals surface area contributed by atoms with Crippen LogP contribution in [0.25, 0.3) is 22.3 Å². The number of imide groups is 1. The van der Waals surface area contributed by atoms with E-state index in [4.69, 9.17) is 61.8 Å². The van der Waals surface area contributed by atoms with E-state index in [-0.39, 0.29) is 111 Å². The molecule has 32 heteroatoms. The Kier molecular flexibility index (Phi) is 29.5. The van der Waals surface area contributed by atoms with Crippen molar-refractivity contribution in [3.63, 3.8) is 0 Å². The number of aromatic nitrogens is 5. The number of esters is 1. The maximum Gasteiger partial charge on any atom is 0.509 e. The molecule has 2 atom stereocenters. The summed E-state index contributed by atoms with van der Waals surface area (Å²) < 4.78 is 68.7. The molecule has 32 nitrogen and oxygen atoms in total. The quantitative estimate of drug-likeness (QED) is 0.0209. The summed E-state index contributed by atoms with van der Waals surface area (Å²) >= 11 is 0. The topological polar surface area (TPSA) is 385 Å². The SMILES string of the molecule is CCc1c2c(nc3ccc(O)cc13)-c1cc3c(c(=O)n1C2)COC(=O)[C@H]3OC(=O)OCc1ccc(NC(=O)CNC(=O)COCC(=O)NCCOCCOCCOCCOCCOCCOCCOCCOCCn2cc(CNC(=O)C3CCC(CN4C(=O)CC(C)C4=O)CC3)nn2)cc1. The number of phenolic OH excluding ortho intramolecular Hbond substituents is 1. The average Bonchev–Trinajstić information content (AvgIpc) is 1.55. The van der Waals surface area contributed by atoms with Crippen LogP contribution in [-0.2, 0) is 130 Å². The number of cyclic esters (lactones) is 1. The first kappa shape index (κ1) is 75.3. The zero-order valence-corrected chi connectivity index (χ0v) is 56.3. The van der Waals surface area contributed by atoms with E-state index in [1.807, 2.05) is 6.92 Å². The van der Waals surface area contributed by atoms with Gasteiger partial charge in [0.2, 0.25) is 41.5 Å². The Morgan fingerprint density at radius 1 is 0.690 bits per heavy atom. The molecule has 3 aliphatic heterocycles. The van der Waals surface area contributed by atoms with Gasteiger partial charge in [-0.15, -0.1) is 5.10 Å². The van der Waals surface area contributed by atoms with E-state index in [1.165, 1.54) is 11.0 Å². The second-order valence-electron chi connectivity index (χ2n) is 24.1. The van der Waals surface area contributed by atoms with E-state index in [9.17, 15) is 48.3 Å². The molecule has 1 aliphatic carbocycles. The Bertz CT molecular complexity index is 3650. The second-order valence-corrected chi connectivity index (χ2v) is 24.1. The van der Waals surface area contributed by atoms with E-state index < -0.39 is 48.1 Å². The summed E-state index contributed by atoms with van der Waals surface area (Å²) in [6.45, 7) is 9.82. The van der Waals surface area contributed by atoms with Crippen LogP contribution in [0.5, 0.6) is 5.75 Å². The van der Waals surface area contributed by atoms with Gasteiger partial charge in [-0.25, -0.2) is 19.3 Å². The van der Waals surface area contributed by atoms with Crippen LogP contribution in [-0.4, -0.2) is 221 Å². The number of carbonyl (C=O) groups is 8. The highest BCUT2D eigenvalue weighted by Crippen LogP contribution is 2.40. The van der Waals surface area contributed by atoms with Gasteiger partial charge in [-0.05, 0) is 85.5 Å². The van der Waals surface area contributed by atoms with Crippen LogP contribution in [0.4, 0.5) is 10.5 Å². The lowest BCUT2D eigenvalue weighted by Crippen LogP contribution is -2.38. The third kappa shape index (κ3) is 22.6. The lowest BCUT2D eigenvalue weighted by Gasteiger charge is -2.30. The lowest BCUT2D eigenvalue weighted by molar-refractivity contribution is -0.159. The monoisotopic (exact) mass is 1400 g/mol. The second kappa shape index (κ2) is 39.2. The van der Waals surface area contributed by atoms with Gasteiger partial charge in [0.25, 0.3) is 5.56 Å². The Hall–Kier alpha value is -8.86. The summed E-state index contributed by atoms with van der Waals surface area (Å²) in [7, 11) is 0. The van der Waals surface area contributed by atoms with Crippen LogP contribution < -0.4 is 26.8 Å². The van der Waals surface area contributed by atoms with Gasteiger partial charge in [0.05, 0.1) is 161 Å². The van der Waals surface area contributed by atoms with Crippen molar-refractivity contribution < 1.29 is 100 Å². The number of rotatable bonds is 43. The Balaban J connectivity index is 0.489. The maximum atomic E-state index is 13.8. The van der Waals surface area contributed by atoms with Crippen LogP contribution in [0.2, 0.25) is 0 Å². The number of hydrogen-bond acceptors (Lipinski definition) is 25. The molecule has 2 fully saturated rings. The number of pyridine rings is 2. The van der Waals surface area contributed by atoms with E-state index in [0.29, 0.717) is 152 Å². The van der Waals surface area contributed by atoms with E-state index in [1.54, 1.807) is 64.8 Å². The number of nitrogens with one attached hydrogen (secondary N) is 4. The molecular weight excluding hydrogens is 1310 g/mol. The van der Waals surface area contributed by atoms with Crippen LogP contribution in [0.1, 0.15) is 85.6 Å². The third-order valence-electron chi connectivity index (χ3n) is 16.9. The van der Waals surface area contributed by atoms with Crippen LogP contribution in [0, 0.1) is 17.8 Å². The lowest BCUT2D eigenvalue weighted by atomic mass is 9.81. The molecule has 5 N–H and O–H groups in total. The molecule has 6 amide bonds. The van der Waals surface area contributed by atoms with Crippen molar-refractivity contribution in [3.05, 3.63) is 98.6 Å². The molecule has 2 aromatic carbocycles. The number of benzene rings is 2. The highest BCUT2D eigenvalue weighted by molar-refractivity contribution is 6.03. The van der Waals surface area contributed by atoms with Crippen molar-refractivity contribution >= 4 is 64.2 Å². The summed E-state index contributed by atoms with van der Waals surface area (Å²) in [6, 6.07) is 12.7. The first-order valence-corrected chi connectivity index (χ1v) is 33.7. The summed E-state index contributed by atoms with van der Waals surface area (Å²) in [5.41, 5.74) is 4.83. The summed E-state index contributed by atoms with van der Waals surface area (Å²) in [6.07, 6.45) is 2.98. The number of fused-ring (bicyclic) bond motifs is 5. The number of aromatic hydroxyl groups is 1. The number of amides is 6. The molecule has 4 aliphatic rings. The van der Waals surface area contributed by atoms with Gasteiger partial charge in [-0.2, -0.15) is 0 Å². The number of aryl methyl sites for hydroxylation is 1. The molecule has 5 aromatic rings. The first-order chi connectivity index (χ1) is 48.6. The molecular formula is C68H88N10O22. The van der Waals surface area contributed by atoms with Crippen molar-refractivity contribution in [1.29, 1.82) is 0 Å². The van der Waals surface area contributed by atoms with Crippen molar-refractivity contribution in [2.45, 2.75) is 91.3 Å². The highest BCUT2D eigenvalue weighted by Gasteiger charge is 2.40. The van der Waals surface area contributed by atoms with Crippen LogP contribution >= 0.6 is 0 Å². The largest absolute Gasteiger partial charge is 0.509 e. The van der Waals surface area contributed by atoms with Crippen LogP contribution in [0.15, 0.2) is 59.5 Å². The summed E-state index contributed by atoms with van der Waals surface area (Å²) in [5, 5.41) is 29.8. The van der Waals surface area contributed by atoms with Gasteiger partial charge < -0.3 is 87.8 Å². The number of ether oxygens (including phenoxy) is 12. The van der Waals surface area contributed by atoms with Crippen LogP contribution in [0.3, 0.4) is 0 Å². The zero-order valence-electron chi connectivity index (χ0n) is 56.3. The molecule has 542 valence electrons. The first-order valence-electron chi connectivity index (χ1n) is 33.7. The van der Waals surface area contributed by atoms with E-state index in [2.05, 4.69) is 31.6 Å². The van der Waals surface area contributed by atoms with Gasteiger partial charge in [-0.1, -0.05) is 31.2 Å². The Morgan fingerprint density at radius 3 is 1.93 bits per heavy atom. The molecule has 3 aromatic heterocycles. The minimum absolute atomic E-state index is 0.0163. The smallest absolute Gasteiger partial charge is 0.508 e. The fourth-order valence-electron chi connectivity index (χ4n) is 11.7. The number of phenols is 1. The molecule has 0 bridgehead atoms. The number of hydrogen-bond donors (Lipinski definition) is 5. The Labute approximate surface area is 576 Å². The molecule has 9 rings (SSSR count). The van der Waals surface area contributed by atoms with Crippen molar-refractivity contribution in [2.24, 2.45) is 17.8 Å². The number of carbonyl (C=O) groups excluding carboxylic acids is 8. The zero-order chi connectivity index (χ0) is 70.6. The van der Waals surface area contributed by atoms with Gasteiger partial charge in [0.15, 0.2) is 0 Å². The van der Waals surface area contributed by atoms with E-state index in [0.717, 1.165) is 42.2 Å². The summed E-state index contributed by atoms with van der Waals surface area (Å²) in [5.74, 6) is -2.70. The predicted octanol–water partition coefficient (Wildman–Crippen LogP) is 2.57. The van der Waals surface area contributed by atoms with E-state index >= 15 is 0 Å². The molecule has 1 saturated heterocycles. The molecule has 1 saturated carbocycles. The minimum atomic E-state index is -1.58. The van der Waals surface area contributed by atoms with Gasteiger partial charge in [0, 0.05) is 53.5 Å². The Morgan fingerprint density at radius 2 is 1.31 bits per heavy atom. The fourth-order valence-corrected chi connectivity index (χ4v) is 11.7.